The van der Waals surface area contributed by atoms with Gasteiger partial charge in [0.05, 0.1) is 12.7 Å². The van der Waals surface area contributed by atoms with Gasteiger partial charge in [0.2, 0.25) is 5.89 Å². The Balaban J connectivity index is 1.40. The minimum absolute atomic E-state index is 0.784. The number of hydrogen-bond acceptors (Lipinski definition) is 5. The van der Waals surface area contributed by atoms with Crippen molar-refractivity contribution in [3.05, 3.63) is 17.8 Å². The highest BCUT2D eigenvalue weighted by Crippen LogP contribution is 2.20. The summed E-state index contributed by atoms with van der Waals surface area (Å²) in [4.78, 5) is 12.1. The summed E-state index contributed by atoms with van der Waals surface area (Å²) in [6.45, 7) is 13.7. The predicted molar refractivity (Wildman–Crippen MR) is 87.8 cm³/mol. The lowest BCUT2D eigenvalue weighted by molar-refractivity contribution is 0.0555. The van der Waals surface area contributed by atoms with Crippen LogP contribution in [0.25, 0.3) is 0 Å². The highest BCUT2D eigenvalue weighted by atomic mass is 16.4. The highest BCUT2D eigenvalue weighted by Gasteiger charge is 2.27. The van der Waals surface area contributed by atoms with E-state index in [-0.39, 0.29) is 0 Å². The molecule has 2 saturated heterocycles. The number of aryl methyl sites for hydroxylation is 1. The summed E-state index contributed by atoms with van der Waals surface area (Å²) in [6.07, 6.45) is 5.66. The lowest BCUT2D eigenvalue weighted by atomic mass is 10.0. The maximum absolute atomic E-state index is 5.60. The molecule has 3 rings (SSSR count). The lowest BCUT2D eigenvalue weighted by Gasteiger charge is -2.42. The molecule has 0 aromatic carbocycles. The van der Waals surface area contributed by atoms with Gasteiger partial charge in [-0.15, -0.1) is 0 Å². The van der Waals surface area contributed by atoms with Crippen LogP contribution in [0.3, 0.4) is 0 Å². The molecule has 1 aromatic heterocycles. The van der Waals surface area contributed by atoms with Crippen molar-refractivity contribution in [1.29, 1.82) is 0 Å². The Morgan fingerprint density at radius 2 is 1.82 bits per heavy atom. The van der Waals surface area contributed by atoms with Crippen molar-refractivity contribution in [2.45, 2.75) is 45.7 Å². The average molecular weight is 306 g/mol. The topological polar surface area (TPSA) is 35.8 Å². The molecule has 0 amide bonds. The van der Waals surface area contributed by atoms with Crippen molar-refractivity contribution >= 4 is 0 Å². The largest absolute Gasteiger partial charge is 0.445 e. The van der Waals surface area contributed by atoms with Crippen molar-refractivity contribution in [1.82, 2.24) is 19.7 Å². The van der Waals surface area contributed by atoms with Crippen molar-refractivity contribution in [2.75, 3.05) is 45.8 Å². The standard InChI is InChI=1S/C17H30N4O/c1-3-6-19-9-11-21(12-10-19)16-4-7-20(8-5-16)14-17-18-13-15(2)22-17/h13,16H,3-12,14H2,1-2H3. The van der Waals surface area contributed by atoms with Crippen LogP contribution in [0.4, 0.5) is 0 Å². The SMILES string of the molecule is CCCN1CCN(C2CCN(Cc3ncc(C)o3)CC2)CC1. The fraction of sp³-hybridized carbons (Fsp3) is 0.824. The summed E-state index contributed by atoms with van der Waals surface area (Å²) >= 11 is 0. The van der Waals surface area contributed by atoms with E-state index < -0.39 is 0 Å². The van der Waals surface area contributed by atoms with Gasteiger partial charge in [-0.3, -0.25) is 9.80 Å². The van der Waals surface area contributed by atoms with Gasteiger partial charge in [-0.25, -0.2) is 4.98 Å². The molecule has 0 bridgehead atoms. The van der Waals surface area contributed by atoms with Crippen molar-refractivity contribution in [3.63, 3.8) is 0 Å². The molecule has 0 saturated carbocycles. The van der Waals surface area contributed by atoms with Crippen molar-refractivity contribution in [3.8, 4) is 0 Å². The molecule has 0 atom stereocenters. The quantitative estimate of drug-likeness (QED) is 0.831. The van der Waals surface area contributed by atoms with E-state index in [1.807, 2.05) is 13.1 Å². The van der Waals surface area contributed by atoms with Crippen LogP contribution in [0.5, 0.6) is 0 Å². The van der Waals surface area contributed by atoms with E-state index in [0.717, 1.165) is 24.2 Å². The number of rotatable bonds is 5. The van der Waals surface area contributed by atoms with E-state index in [1.54, 1.807) is 0 Å². The number of nitrogens with zero attached hydrogens (tertiary/aromatic N) is 4. The summed E-state index contributed by atoms with van der Waals surface area (Å²) in [7, 11) is 0. The lowest BCUT2D eigenvalue weighted by Crippen LogP contribution is -2.53. The first-order valence-electron chi connectivity index (χ1n) is 8.84. The normalized spacial score (nSPS) is 23.2. The maximum atomic E-state index is 5.60. The van der Waals surface area contributed by atoms with E-state index in [2.05, 4.69) is 26.6 Å². The summed E-state index contributed by atoms with van der Waals surface area (Å²) in [5.41, 5.74) is 0. The first-order chi connectivity index (χ1) is 10.7. The zero-order valence-electron chi connectivity index (χ0n) is 14.1. The molecule has 124 valence electrons. The monoisotopic (exact) mass is 306 g/mol. The summed E-state index contributed by atoms with van der Waals surface area (Å²) in [6, 6.07) is 0.784. The predicted octanol–water partition coefficient (Wildman–Crippen LogP) is 1.98. The van der Waals surface area contributed by atoms with Crippen LogP contribution in [0.2, 0.25) is 0 Å². The summed E-state index contributed by atoms with van der Waals surface area (Å²) in [5, 5.41) is 0. The minimum Gasteiger partial charge on any atom is -0.445 e. The molecule has 0 radical (unpaired) electrons. The van der Waals surface area contributed by atoms with Crippen LogP contribution in [-0.4, -0.2) is 71.5 Å². The Kier molecular flexibility index (Phi) is 5.50. The Bertz CT molecular complexity index is 445. The minimum atomic E-state index is 0.784. The van der Waals surface area contributed by atoms with Gasteiger partial charge in [-0.2, -0.15) is 0 Å². The van der Waals surface area contributed by atoms with E-state index in [4.69, 9.17) is 4.42 Å². The van der Waals surface area contributed by atoms with Gasteiger partial charge < -0.3 is 9.32 Å². The second-order valence-corrected chi connectivity index (χ2v) is 6.75. The maximum Gasteiger partial charge on any atom is 0.208 e. The summed E-state index contributed by atoms with van der Waals surface area (Å²) < 4.78 is 5.60. The van der Waals surface area contributed by atoms with Gasteiger partial charge in [0.25, 0.3) is 0 Å². The number of oxazole rings is 1. The zero-order chi connectivity index (χ0) is 15.4. The van der Waals surface area contributed by atoms with Crippen LogP contribution in [0.15, 0.2) is 10.6 Å². The van der Waals surface area contributed by atoms with Crippen LogP contribution in [0, 0.1) is 6.92 Å². The second kappa shape index (κ2) is 7.57. The number of likely N-dealkylation sites (tertiary alicyclic amines) is 1. The molecule has 0 aliphatic carbocycles. The molecular weight excluding hydrogens is 276 g/mol. The number of piperidine rings is 1. The van der Waals surface area contributed by atoms with E-state index in [9.17, 15) is 0 Å². The molecule has 0 unspecified atom stereocenters. The molecule has 2 fully saturated rings. The number of hydrogen-bond donors (Lipinski definition) is 0. The van der Waals surface area contributed by atoms with Crippen LogP contribution < -0.4 is 0 Å². The smallest absolute Gasteiger partial charge is 0.208 e. The van der Waals surface area contributed by atoms with Gasteiger partial charge in [0.15, 0.2) is 0 Å². The Morgan fingerprint density at radius 1 is 1.09 bits per heavy atom. The van der Waals surface area contributed by atoms with Gasteiger partial charge >= 0.3 is 0 Å². The molecule has 1 aromatic rings. The molecule has 2 aliphatic heterocycles. The van der Waals surface area contributed by atoms with Crippen LogP contribution >= 0.6 is 0 Å². The molecule has 3 heterocycles. The van der Waals surface area contributed by atoms with Gasteiger partial charge in [-0.05, 0) is 32.7 Å². The molecule has 0 spiro atoms. The Hall–Kier alpha value is -0.910. The summed E-state index contributed by atoms with van der Waals surface area (Å²) in [5.74, 6) is 1.78. The zero-order valence-corrected chi connectivity index (χ0v) is 14.1. The molecule has 5 nitrogen and oxygen atoms in total. The average Bonchev–Trinajstić information content (AvgIpc) is 2.94. The third kappa shape index (κ3) is 4.09. The van der Waals surface area contributed by atoms with Gasteiger partial charge in [0.1, 0.15) is 5.76 Å². The first kappa shape index (κ1) is 16.0. The highest BCUT2D eigenvalue weighted by molar-refractivity contribution is 4.92. The van der Waals surface area contributed by atoms with Gasteiger partial charge in [0, 0.05) is 45.3 Å². The molecular formula is C17H30N4O. The van der Waals surface area contributed by atoms with Crippen molar-refractivity contribution in [2.24, 2.45) is 0 Å². The van der Waals surface area contributed by atoms with Crippen molar-refractivity contribution < 1.29 is 4.42 Å². The van der Waals surface area contributed by atoms with Crippen LogP contribution in [-0.2, 0) is 6.54 Å². The Labute approximate surface area is 134 Å². The van der Waals surface area contributed by atoms with E-state index in [0.29, 0.717) is 0 Å². The molecule has 2 aliphatic rings. The molecule has 5 heteroatoms. The molecule has 0 N–H and O–H groups in total. The third-order valence-corrected chi connectivity index (χ3v) is 5.05. The third-order valence-electron chi connectivity index (χ3n) is 5.05. The fourth-order valence-electron chi connectivity index (χ4n) is 3.78. The fourth-order valence-corrected chi connectivity index (χ4v) is 3.78. The number of aromatic nitrogens is 1. The second-order valence-electron chi connectivity index (χ2n) is 6.75. The Morgan fingerprint density at radius 3 is 2.41 bits per heavy atom. The van der Waals surface area contributed by atoms with Crippen LogP contribution in [0.1, 0.15) is 37.8 Å². The number of piperazine rings is 1. The first-order valence-corrected chi connectivity index (χ1v) is 8.84. The van der Waals surface area contributed by atoms with E-state index in [1.165, 1.54) is 65.1 Å². The molecule has 22 heavy (non-hydrogen) atoms. The van der Waals surface area contributed by atoms with E-state index >= 15 is 0 Å². The van der Waals surface area contributed by atoms with Gasteiger partial charge in [-0.1, -0.05) is 6.92 Å².